The van der Waals surface area contributed by atoms with Crippen LogP contribution in [-0.4, -0.2) is 17.7 Å². The summed E-state index contributed by atoms with van der Waals surface area (Å²) in [5, 5.41) is 6.05. The van der Waals surface area contributed by atoms with E-state index in [1.807, 2.05) is 68.4 Å². The number of nitrogens with one attached hydrogen (secondary N) is 1. The zero-order chi connectivity index (χ0) is 25.8. The fraction of sp³-hybridized carbons (Fsp3) is 0.133. The van der Waals surface area contributed by atoms with Gasteiger partial charge < -0.3 is 14.8 Å². The maximum atomic E-state index is 12.6. The minimum atomic E-state index is -0.207. The smallest absolute Gasteiger partial charge is 0.264 e. The number of carbonyl (C=O) groups is 1. The van der Waals surface area contributed by atoms with E-state index in [-0.39, 0.29) is 5.91 Å². The number of fused-ring (bicyclic) bond motifs is 1. The number of nitrogens with zero attached hydrogens (tertiary/aromatic N) is 1. The highest BCUT2D eigenvalue weighted by atomic mass is 35.5. The van der Waals surface area contributed by atoms with E-state index in [9.17, 15) is 4.79 Å². The van der Waals surface area contributed by atoms with Crippen LogP contribution in [0.2, 0.25) is 5.02 Å². The summed E-state index contributed by atoms with van der Waals surface area (Å²) in [7, 11) is 0. The summed E-state index contributed by atoms with van der Waals surface area (Å²) in [5.41, 5.74) is 3.73. The van der Waals surface area contributed by atoms with Gasteiger partial charge in [0.2, 0.25) is 0 Å². The van der Waals surface area contributed by atoms with Crippen LogP contribution >= 0.6 is 23.4 Å². The van der Waals surface area contributed by atoms with E-state index in [1.54, 1.807) is 12.1 Å². The van der Waals surface area contributed by atoms with Crippen molar-refractivity contribution in [3.63, 3.8) is 0 Å². The molecule has 0 radical (unpaired) electrons. The molecule has 1 heterocycles. The maximum absolute atomic E-state index is 12.6. The number of amidine groups is 1. The summed E-state index contributed by atoms with van der Waals surface area (Å²) in [5.74, 6) is 0.795. The number of aliphatic imine (C=N–C) groups is 1. The standard InChI is InChI=1S/C30H25ClN2O3S/c1-3-35-26-16-20(17-27-29(34)33-30(37-27)32-23-13-11-19(2)12-14-23)15-25(31)28(26)36-18-22-9-6-8-21-7-4-5-10-24(21)22/h4-17H,3,18H2,1-2H3,(H,32,33,34)/b27-17-. The number of aryl methyl sites for hydroxylation is 1. The molecule has 1 saturated heterocycles. The molecule has 5 rings (SSSR count). The van der Waals surface area contributed by atoms with Crippen LogP contribution < -0.4 is 14.8 Å². The Morgan fingerprint density at radius 2 is 1.78 bits per heavy atom. The SMILES string of the molecule is CCOc1cc(/C=C2\SC(=Nc3ccc(C)cc3)NC2=O)cc(Cl)c1OCc1cccc2ccccc12. The molecule has 1 amide bonds. The molecule has 4 aromatic carbocycles. The number of ether oxygens (including phenoxy) is 2. The lowest BCUT2D eigenvalue weighted by Crippen LogP contribution is -2.19. The van der Waals surface area contributed by atoms with E-state index in [1.165, 1.54) is 11.8 Å². The lowest BCUT2D eigenvalue weighted by Gasteiger charge is -2.15. The second kappa shape index (κ2) is 11.1. The van der Waals surface area contributed by atoms with Gasteiger partial charge in [0.15, 0.2) is 16.7 Å². The van der Waals surface area contributed by atoms with Gasteiger partial charge in [-0.25, -0.2) is 4.99 Å². The van der Waals surface area contributed by atoms with E-state index in [4.69, 9.17) is 21.1 Å². The van der Waals surface area contributed by atoms with E-state index in [2.05, 4.69) is 28.5 Å². The number of benzene rings is 4. The van der Waals surface area contributed by atoms with Crippen molar-refractivity contribution in [3.8, 4) is 11.5 Å². The lowest BCUT2D eigenvalue weighted by molar-refractivity contribution is -0.115. The predicted octanol–water partition coefficient (Wildman–Crippen LogP) is 7.67. The van der Waals surface area contributed by atoms with Crippen molar-refractivity contribution in [2.75, 3.05) is 6.61 Å². The Morgan fingerprint density at radius 3 is 2.59 bits per heavy atom. The molecule has 4 aromatic rings. The number of thioether (sulfide) groups is 1. The van der Waals surface area contributed by atoms with E-state index in [0.717, 1.165) is 33.2 Å². The topological polar surface area (TPSA) is 59.9 Å². The van der Waals surface area contributed by atoms with Gasteiger partial charge in [0.1, 0.15) is 6.61 Å². The molecule has 0 bridgehead atoms. The summed E-state index contributed by atoms with van der Waals surface area (Å²) in [6.45, 7) is 4.72. The van der Waals surface area contributed by atoms with Crippen molar-refractivity contribution in [2.45, 2.75) is 20.5 Å². The van der Waals surface area contributed by atoms with Crippen LogP contribution in [0.15, 0.2) is 88.8 Å². The predicted molar refractivity (Wildman–Crippen MR) is 153 cm³/mol. The van der Waals surface area contributed by atoms with Gasteiger partial charge in [-0.1, -0.05) is 71.8 Å². The number of hydrogen-bond donors (Lipinski definition) is 1. The van der Waals surface area contributed by atoms with Crippen molar-refractivity contribution in [1.29, 1.82) is 0 Å². The highest BCUT2D eigenvalue weighted by Gasteiger charge is 2.24. The zero-order valence-corrected chi connectivity index (χ0v) is 22.0. The van der Waals surface area contributed by atoms with Gasteiger partial charge >= 0.3 is 0 Å². The van der Waals surface area contributed by atoms with E-state index >= 15 is 0 Å². The molecular weight excluding hydrogens is 504 g/mol. The second-order valence-electron chi connectivity index (χ2n) is 8.51. The van der Waals surface area contributed by atoms with Crippen LogP contribution in [0.25, 0.3) is 16.8 Å². The van der Waals surface area contributed by atoms with Crippen molar-refractivity contribution in [1.82, 2.24) is 5.32 Å². The molecular formula is C30H25ClN2O3S. The van der Waals surface area contributed by atoms with Crippen LogP contribution in [-0.2, 0) is 11.4 Å². The molecule has 5 nitrogen and oxygen atoms in total. The molecule has 7 heteroatoms. The van der Waals surface area contributed by atoms with E-state index < -0.39 is 0 Å². The van der Waals surface area contributed by atoms with Crippen molar-refractivity contribution >= 4 is 57.0 Å². The number of rotatable bonds is 7. The highest BCUT2D eigenvalue weighted by molar-refractivity contribution is 8.18. The number of carbonyl (C=O) groups excluding carboxylic acids is 1. The fourth-order valence-corrected chi connectivity index (χ4v) is 5.13. The third kappa shape index (κ3) is 5.82. The average Bonchev–Trinajstić information content (AvgIpc) is 3.23. The maximum Gasteiger partial charge on any atom is 0.264 e. The molecule has 0 saturated carbocycles. The van der Waals surface area contributed by atoms with Gasteiger partial charge in [-0.2, -0.15) is 0 Å². The largest absolute Gasteiger partial charge is 0.490 e. The second-order valence-corrected chi connectivity index (χ2v) is 9.95. The molecule has 1 aliphatic heterocycles. The van der Waals surface area contributed by atoms with Crippen LogP contribution in [0.1, 0.15) is 23.6 Å². The van der Waals surface area contributed by atoms with Gasteiger partial charge in [-0.05, 0) is 77.9 Å². The van der Waals surface area contributed by atoms with E-state index in [0.29, 0.717) is 39.8 Å². The van der Waals surface area contributed by atoms with Gasteiger partial charge in [-0.15, -0.1) is 0 Å². The lowest BCUT2D eigenvalue weighted by atomic mass is 10.1. The van der Waals surface area contributed by atoms with Gasteiger partial charge in [-0.3, -0.25) is 4.79 Å². The summed E-state index contributed by atoms with van der Waals surface area (Å²) >= 11 is 7.95. The molecule has 0 aliphatic carbocycles. The quantitative estimate of drug-likeness (QED) is 0.250. The minimum Gasteiger partial charge on any atom is -0.490 e. The molecule has 0 atom stereocenters. The summed E-state index contributed by atoms with van der Waals surface area (Å²) < 4.78 is 12.0. The van der Waals surface area contributed by atoms with Gasteiger partial charge in [0.05, 0.1) is 22.2 Å². The molecule has 0 spiro atoms. The van der Waals surface area contributed by atoms with Crippen molar-refractivity contribution in [2.24, 2.45) is 4.99 Å². The Balaban J connectivity index is 1.38. The number of amides is 1. The fourth-order valence-electron chi connectivity index (χ4n) is 4.01. The normalized spacial score (nSPS) is 15.4. The Labute approximate surface area is 225 Å². The Bertz CT molecular complexity index is 1520. The Hall–Kier alpha value is -3.74. The monoisotopic (exact) mass is 528 g/mol. The molecule has 1 aliphatic rings. The summed E-state index contributed by atoms with van der Waals surface area (Å²) in [6.07, 6.45) is 1.78. The number of halogens is 1. The van der Waals surface area contributed by atoms with Crippen LogP contribution in [0.4, 0.5) is 5.69 Å². The first-order valence-corrected chi connectivity index (χ1v) is 13.1. The first-order valence-electron chi connectivity index (χ1n) is 11.9. The highest BCUT2D eigenvalue weighted by Crippen LogP contribution is 2.39. The molecule has 1 N–H and O–H groups in total. The third-order valence-electron chi connectivity index (χ3n) is 5.80. The van der Waals surface area contributed by atoms with Crippen LogP contribution in [0.3, 0.4) is 0 Å². The summed E-state index contributed by atoms with van der Waals surface area (Å²) in [4.78, 5) is 17.6. The molecule has 0 aromatic heterocycles. The summed E-state index contributed by atoms with van der Waals surface area (Å²) in [6, 6.07) is 25.7. The molecule has 0 unspecified atom stereocenters. The molecule has 186 valence electrons. The zero-order valence-electron chi connectivity index (χ0n) is 20.5. The minimum absolute atomic E-state index is 0.207. The number of hydrogen-bond acceptors (Lipinski definition) is 5. The first kappa shape index (κ1) is 24.9. The third-order valence-corrected chi connectivity index (χ3v) is 6.99. The Kier molecular flexibility index (Phi) is 7.49. The average molecular weight is 529 g/mol. The molecule has 37 heavy (non-hydrogen) atoms. The van der Waals surface area contributed by atoms with Crippen molar-refractivity contribution in [3.05, 3.63) is 105 Å². The van der Waals surface area contributed by atoms with Crippen LogP contribution in [0, 0.1) is 6.92 Å². The van der Waals surface area contributed by atoms with Crippen LogP contribution in [0.5, 0.6) is 11.5 Å². The first-order chi connectivity index (χ1) is 18.0. The molecule has 1 fully saturated rings. The van der Waals surface area contributed by atoms with Gasteiger partial charge in [0, 0.05) is 0 Å². The van der Waals surface area contributed by atoms with Crippen molar-refractivity contribution < 1.29 is 14.3 Å². The Morgan fingerprint density at radius 1 is 1.00 bits per heavy atom. The van der Waals surface area contributed by atoms with Gasteiger partial charge in [0.25, 0.3) is 5.91 Å².